The van der Waals surface area contributed by atoms with Gasteiger partial charge in [0.25, 0.3) is 0 Å². The number of aryl methyl sites for hydroxylation is 1. The smallest absolute Gasteiger partial charge is 0.224 e. The molecular weight excluding hydrogens is 571 g/mol. The van der Waals surface area contributed by atoms with Gasteiger partial charge in [0.15, 0.2) is 6.20 Å². The fraction of sp³-hybridized carbons (Fsp3) is 0.586. The molecule has 4 nitrogen and oxygen atoms in total. The summed E-state index contributed by atoms with van der Waals surface area (Å²) in [5.74, 6) is 0.689. The van der Waals surface area contributed by atoms with Crippen molar-refractivity contribution >= 4 is 17.5 Å². The molecule has 0 spiro atoms. The normalized spacial score (nSPS) is 10.6. The maximum Gasteiger partial charge on any atom is 0.224 e. The minimum atomic E-state index is -0.0120. The van der Waals surface area contributed by atoms with Gasteiger partial charge in [-0.05, 0) is 24.1 Å². The van der Waals surface area contributed by atoms with Gasteiger partial charge in [-0.3, -0.25) is 4.79 Å². The molecular formula is C29H44ClIN2O2. The summed E-state index contributed by atoms with van der Waals surface area (Å²) in [5.41, 5.74) is 2.00. The van der Waals surface area contributed by atoms with Crippen molar-refractivity contribution in [1.82, 2.24) is 5.32 Å². The average molecular weight is 615 g/mol. The Labute approximate surface area is 235 Å². The van der Waals surface area contributed by atoms with Gasteiger partial charge in [0.05, 0.1) is 18.1 Å². The number of halogens is 2. The van der Waals surface area contributed by atoms with E-state index in [0.29, 0.717) is 30.3 Å². The molecule has 0 fully saturated rings. The van der Waals surface area contributed by atoms with E-state index in [0.717, 1.165) is 30.6 Å². The van der Waals surface area contributed by atoms with E-state index in [1.807, 2.05) is 36.4 Å². The Bertz CT molecular complexity index is 847. The molecule has 2 aromatic rings. The SMILES string of the molecule is CCCCCCCCCCCCOc1ccc(CC(=O)NCc2cccc[n+]2CCC)cc1Cl.[I-]. The number of benzene rings is 1. The molecule has 0 unspecified atom stereocenters. The lowest BCUT2D eigenvalue weighted by Gasteiger charge is -2.10. The van der Waals surface area contributed by atoms with Crippen molar-refractivity contribution in [1.29, 1.82) is 0 Å². The molecule has 0 aliphatic heterocycles. The minimum Gasteiger partial charge on any atom is -1.00 e. The van der Waals surface area contributed by atoms with Gasteiger partial charge in [-0.1, -0.05) is 95.4 Å². The summed E-state index contributed by atoms with van der Waals surface area (Å²) in [7, 11) is 0. The first-order valence-corrected chi connectivity index (χ1v) is 13.7. The predicted octanol–water partition coefficient (Wildman–Crippen LogP) is 4.20. The highest BCUT2D eigenvalue weighted by Crippen LogP contribution is 2.26. The number of nitrogens with one attached hydrogen (secondary N) is 1. The van der Waals surface area contributed by atoms with E-state index >= 15 is 0 Å². The van der Waals surface area contributed by atoms with E-state index in [1.54, 1.807) is 0 Å². The predicted molar refractivity (Wildman–Crippen MR) is 141 cm³/mol. The summed E-state index contributed by atoms with van der Waals surface area (Å²) in [5, 5.41) is 3.59. The lowest BCUT2D eigenvalue weighted by atomic mass is 10.1. The van der Waals surface area contributed by atoms with Gasteiger partial charge in [0.1, 0.15) is 18.8 Å². The van der Waals surface area contributed by atoms with Crippen molar-refractivity contribution < 1.29 is 38.1 Å². The average Bonchev–Trinajstić information content (AvgIpc) is 2.83. The number of aromatic nitrogens is 1. The van der Waals surface area contributed by atoms with Crippen LogP contribution in [0.15, 0.2) is 42.6 Å². The van der Waals surface area contributed by atoms with Gasteiger partial charge in [0.2, 0.25) is 11.6 Å². The first-order chi connectivity index (χ1) is 16.6. The molecule has 6 heteroatoms. The van der Waals surface area contributed by atoms with Crippen LogP contribution in [-0.2, 0) is 24.3 Å². The van der Waals surface area contributed by atoms with Gasteiger partial charge >= 0.3 is 0 Å². The van der Waals surface area contributed by atoms with E-state index in [2.05, 4.69) is 29.9 Å². The van der Waals surface area contributed by atoms with Crippen molar-refractivity contribution in [2.75, 3.05) is 6.61 Å². The molecule has 1 N–H and O–H groups in total. The summed E-state index contributed by atoms with van der Waals surface area (Å²) < 4.78 is 8.05. The van der Waals surface area contributed by atoms with Crippen molar-refractivity contribution in [2.24, 2.45) is 0 Å². The number of nitrogens with zero attached hydrogens (tertiary/aromatic N) is 1. The van der Waals surface area contributed by atoms with Crippen LogP contribution in [0.1, 0.15) is 95.7 Å². The van der Waals surface area contributed by atoms with Crippen LogP contribution in [0.2, 0.25) is 5.02 Å². The van der Waals surface area contributed by atoms with Crippen LogP contribution in [0.5, 0.6) is 5.75 Å². The zero-order chi connectivity index (χ0) is 24.4. The monoisotopic (exact) mass is 614 g/mol. The molecule has 2 rings (SSSR count). The molecule has 0 radical (unpaired) electrons. The highest BCUT2D eigenvalue weighted by atomic mass is 127. The molecule has 0 bridgehead atoms. The molecule has 0 aliphatic rings. The first-order valence-electron chi connectivity index (χ1n) is 13.3. The lowest BCUT2D eigenvalue weighted by molar-refractivity contribution is -0.704. The van der Waals surface area contributed by atoms with E-state index in [1.165, 1.54) is 57.8 Å². The Balaban J connectivity index is 0.00000612. The number of rotatable bonds is 18. The number of amides is 1. The number of unbranched alkanes of at least 4 members (excludes halogenated alkanes) is 9. The van der Waals surface area contributed by atoms with Gasteiger partial charge < -0.3 is 34.0 Å². The molecule has 0 atom stereocenters. The molecule has 35 heavy (non-hydrogen) atoms. The van der Waals surface area contributed by atoms with E-state index in [9.17, 15) is 4.79 Å². The summed E-state index contributed by atoms with van der Waals surface area (Å²) in [6.07, 6.45) is 16.5. The summed E-state index contributed by atoms with van der Waals surface area (Å²) in [6, 6.07) is 11.7. The summed E-state index contributed by atoms with van der Waals surface area (Å²) in [6.45, 7) is 6.56. The number of hydrogen-bond donors (Lipinski definition) is 1. The Morgan fingerprint density at radius 3 is 2.26 bits per heavy atom. The van der Waals surface area contributed by atoms with Gasteiger partial charge in [0, 0.05) is 18.6 Å². The second kappa shape index (κ2) is 19.8. The number of carbonyl (C=O) groups excluding carboxylic acids is 1. The van der Waals surface area contributed by atoms with Crippen LogP contribution in [-0.4, -0.2) is 12.5 Å². The zero-order valence-corrected chi connectivity index (χ0v) is 24.6. The van der Waals surface area contributed by atoms with Crippen LogP contribution >= 0.6 is 11.6 Å². The van der Waals surface area contributed by atoms with Crippen molar-refractivity contribution in [2.45, 2.75) is 104 Å². The van der Waals surface area contributed by atoms with E-state index in [4.69, 9.17) is 16.3 Å². The summed E-state index contributed by atoms with van der Waals surface area (Å²) >= 11 is 6.41. The minimum absolute atomic E-state index is 0. The Morgan fingerprint density at radius 2 is 1.60 bits per heavy atom. The topological polar surface area (TPSA) is 42.2 Å². The maximum atomic E-state index is 12.4. The van der Waals surface area contributed by atoms with Crippen LogP contribution < -0.4 is 38.6 Å². The highest BCUT2D eigenvalue weighted by molar-refractivity contribution is 6.32. The van der Waals surface area contributed by atoms with Crippen molar-refractivity contribution in [3.63, 3.8) is 0 Å². The quantitative estimate of drug-likeness (QED) is 0.155. The zero-order valence-electron chi connectivity index (χ0n) is 21.7. The molecule has 0 saturated carbocycles. The van der Waals surface area contributed by atoms with Gasteiger partial charge in [-0.25, -0.2) is 4.57 Å². The fourth-order valence-corrected chi connectivity index (χ4v) is 4.37. The van der Waals surface area contributed by atoms with Crippen molar-refractivity contribution in [3.05, 3.63) is 58.9 Å². The summed E-state index contributed by atoms with van der Waals surface area (Å²) in [4.78, 5) is 12.4. The molecule has 1 heterocycles. The van der Waals surface area contributed by atoms with E-state index < -0.39 is 0 Å². The fourth-order valence-electron chi connectivity index (χ4n) is 4.11. The van der Waals surface area contributed by atoms with Gasteiger partial charge in [-0.2, -0.15) is 0 Å². The first kappa shape index (κ1) is 31.7. The maximum absolute atomic E-state index is 12.4. The Hall–Kier alpha value is -1.34. The standard InChI is InChI=1S/C29H43ClN2O2.HI/c1-3-5-6-7-8-9-10-11-12-15-21-34-28-18-17-25(22-27(28)30)23-29(33)31-24-26-16-13-14-20-32(26)19-4-2;/h13-14,16-18,20,22H,3-12,15,19,21,23-24H2,1-2H3;1H. The van der Waals surface area contributed by atoms with Crippen LogP contribution in [0.4, 0.5) is 0 Å². The third-order valence-corrected chi connectivity index (χ3v) is 6.38. The molecule has 1 amide bonds. The van der Waals surface area contributed by atoms with Crippen LogP contribution in [0.3, 0.4) is 0 Å². The van der Waals surface area contributed by atoms with Crippen LogP contribution in [0.25, 0.3) is 0 Å². The third-order valence-electron chi connectivity index (χ3n) is 6.08. The van der Waals surface area contributed by atoms with Crippen molar-refractivity contribution in [3.8, 4) is 5.75 Å². The number of ether oxygens (including phenoxy) is 1. The molecule has 0 saturated heterocycles. The third kappa shape index (κ3) is 13.5. The highest BCUT2D eigenvalue weighted by Gasteiger charge is 2.11. The second-order valence-corrected chi connectivity index (χ2v) is 9.54. The molecule has 196 valence electrons. The largest absolute Gasteiger partial charge is 1.00 e. The number of pyridine rings is 1. The number of carbonyl (C=O) groups is 1. The van der Waals surface area contributed by atoms with Gasteiger partial charge in [-0.15, -0.1) is 0 Å². The molecule has 1 aromatic heterocycles. The Kier molecular flexibility index (Phi) is 17.9. The lowest BCUT2D eigenvalue weighted by Crippen LogP contribution is -3.00. The van der Waals surface area contributed by atoms with E-state index in [-0.39, 0.29) is 29.9 Å². The van der Waals surface area contributed by atoms with Crippen LogP contribution in [0, 0.1) is 0 Å². The number of hydrogen-bond acceptors (Lipinski definition) is 2. The Morgan fingerprint density at radius 1 is 0.914 bits per heavy atom. The second-order valence-electron chi connectivity index (χ2n) is 9.13. The molecule has 1 aromatic carbocycles. The molecule has 0 aliphatic carbocycles.